The molecule has 3 rings (SSSR count). The van der Waals surface area contributed by atoms with Crippen LogP contribution in [0, 0.1) is 0 Å². The number of halogens is 1. The molecule has 2 aromatic carbocycles. The van der Waals surface area contributed by atoms with Crippen LogP contribution < -0.4 is 16.0 Å². The van der Waals surface area contributed by atoms with Gasteiger partial charge in [-0.15, -0.1) is 10.2 Å². The first kappa shape index (κ1) is 18.3. The minimum Gasteiger partial charge on any atom is -0.338 e. The zero-order valence-corrected chi connectivity index (χ0v) is 15.1. The average Bonchev–Trinajstić information content (AvgIpc) is 2.64. The molecule has 0 aliphatic heterocycles. The van der Waals surface area contributed by atoms with Crippen LogP contribution in [0.4, 0.5) is 22.9 Å². The molecule has 1 aromatic heterocycles. The Morgan fingerprint density at radius 3 is 2.30 bits per heavy atom. The number of carbonyl (C=O) groups is 2. The van der Waals surface area contributed by atoms with E-state index in [0.717, 1.165) is 0 Å². The number of nitrogens with zero attached hydrogens (tertiary/aromatic N) is 2. The van der Waals surface area contributed by atoms with Crippen LogP contribution in [-0.4, -0.2) is 22.0 Å². The van der Waals surface area contributed by atoms with Gasteiger partial charge in [-0.25, -0.2) is 0 Å². The minimum atomic E-state index is -0.410. The van der Waals surface area contributed by atoms with Gasteiger partial charge in [0.05, 0.1) is 10.7 Å². The summed E-state index contributed by atoms with van der Waals surface area (Å²) in [5, 5.41) is 16.9. The third kappa shape index (κ3) is 5.02. The van der Waals surface area contributed by atoms with Gasteiger partial charge >= 0.3 is 0 Å². The molecule has 0 radical (unpaired) electrons. The van der Waals surface area contributed by atoms with E-state index in [4.69, 9.17) is 11.6 Å². The predicted octanol–water partition coefficient (Wildman–Crippen LogP) is 4.08. The second kappa shape index (κ2) is 8.29. The highest BCUT2D eigenvalue weighted by Gasteiger charge is 2.10. The minimum absolute atomic E-state index is 0.157. The van der Waals surface area contributed by atoms with E-state index in [0.29, 0.717) is 27.9 Å². The van der Waals surface area contributed by atoms with E-state index < -0.39 is 5.91 Å². The van der Waals surface area contributed by atoms with Crippen molar-refractivity contribution in [2.24, 2.45) is 0 Å². The van der Waals surface area contributed by atoms with Crippen LogP contribution in [0.3, 0.4) is 0 Å². The van der Waals surface area contributed by atoms with Crippen LogP contribution in [0.25, 0.3) is 0 Å². The fraction of sp³-hybridized carbons (Fsp3) is 0.0526. The summed E-state index contributed by atoms with van der Waals surface area (Å²) >= 11 is 6.09. The smallest absolute Gasteiger partial charge is 0.276 e. The molecule has 0 atom stereocenters. The molecule has 7 nitrogen and oxygen atoms in total. The Balaban J connectivity index is 1.67. The molecule has 8 heteroatoms. The van der Waals surface area contributed by atoms with Crippen molar-refractivity contribution in [1.29, 1.82) is 0 Å². The summed E-state index contributed by atoms with van der Waals surface area (Å²) < 4.78 is 0. The van der Waals surface area contributed by atoms with Gasteiger partial charge < -0.3 is 16.0 Å². The van der Waals surface area contributed by atoms with Crippen LogP contribution in [-0.2, 0) is 4.79 Å². The Labute approximate surface area is 160 Å². The first-order chi connectivity index (χ1) is 13.0. The summed E-state index contributed by atoms with van der Waals surface area (Å²) in [6.45, 7) is 1.42. The largest absolute Gasteiger partial charge is 0.338 e. The number of amides is 2. The van der Waals surface area contributed by atoms with E-state index in [2.05, 4.69) is 26.1 Å². The lowest BCUT2D eigenvalue weighted by atomic mass is 10.2. The molecule has 3 N–H and O–H groups in total. The highest BCUT2D eigenvalue weighted by atomic mass is 35.5. The molecule has 3 aromatic rings. The van der Waals surface area contributed by atoms with Gasteiger partial charge in [0.1, 0.15) is 0 Å². The lowest BCUT2D eigenvalue weighted by molar-refractivity contribution is -0.114. The number of para-hydroxylation sites is 1. The molecule has 0 fully saturated rings. The summed E-state index contributed by atoms with van der Waals surface area (Å²) in [5.41, 5.74) is 1.97. The molecule has 0 aliphatic carbocycles. The molecule has 1 heterocycles. The fourth-order valence-corrected chi connectivity index (χ4v) is 2.48. The summed E-state index contributed by atoms with van der Waals surface area (Å²) in [6.07, 6.45) is 0. The molecule has 27 heavy (non-hydrogen) atoms. The average molecular weight is 382 g/mol. The Morgan fingerprint density at radius 1 is 0.889 bits per heavy atom. The third-order valence-corrected chi connectivity index (χ3v) is 3.80. The van der Waals surface area contributed by atoms with Gasteiger partial charge in [0.25, 0.3) is 5.91 Å². The quantitative estimate of drug-likeness (QED) is 0.618. The lowest BCUT2D eigenvalue weighted by Gasteiger charge is -2.09. The molecule has 136 valence electrons. The number of anilines is 4. The number of carbonyl (C=O) groups excluding carboxylic acids is 2. The van der Waals surface area contributed by atoms with Gasteiger partial charge in [0.2, 0.25) is 5.91 Å². The fourth-order valence-electron chi connectivity index (χ4n) is 2.29. The monoisotopic (exact) mass is 381 g/mol. The first-order valence-electron chi connectivity index (χ1n) is 8.05. The molecular weight excluding hydrogens is 366 g/mol. The Hall–Kier alpha value is -3.45. The predicted molar refractivity (Wildman–Crippen MR) is 105 cm³/mol. The van der Waals surface area contributed by atoms with E-state index in [9.17, 15) is 9.59 Å². The zero-order valence-electron chi connectivity index (χ0n) is 14.4. The highest BCUT2D eigenvalue weighted by Crippen LogP contribution is 2.23. The molecule has 2 amide bonds. The van der Waals surface area contributed by atoms with Gasteiger partial charge in [0.15, 0.2) is 11.5 Å². The molecule has 0 aliphatic rings. The van der Waals surface area contributed by atoms with Crippen LogP contribution >= 0.6 is 11.6 Å². The van der Waals surface area contributed by atoms with Gasteiger partial charge in [-0.05, 0) is 42.5 Å². The molecule has 0 spiro atoms. The van der Waals surface area contributed by atoms with Gasteiger partial charge in [-0.3, -0.25) is 9.59 Å². The maximum Gasteiger partial charge on any atom is 0.276 e. The van der Waals surface area contributed by atoms with Gasteiger partial charge in [-0.2, -0.15) is 0 Å². The van der Waals surface area contributed by atoms with Crippen molar-refractivity contribution < 1.29 is 9.59 Å². The first-order valence-corrected chi connectivity index (χ1v) is 8.43. The molecule has 0 bridgehead atoms. The second-order valence-electron chi connectivity index (χ2n) is 5.62. The highest BCUT2D eigenvalue weighted by molar-refractivity contribution is 6.33. The van der Waals surface area contributed by atoms with E-state index in [1.54, 1.807) is 42.5 Å². The normalized spacial score (nSPS) is 10.1. The molecule has 0 saturated heterocycles. The van der Waals surface area contributed by atoms with E-state index in [1.807, 2.05) is 18.2 Å². The second-order valence-corrected chi connectivity index (χ2v) is 6.03. The number of nitrogens with one attached hydrogen (secondary N) is 3. The van der Waals surface area contributed by atoms with Gasteiger partial charge in [-0.1, -0.05) is 29.8 Å². The van der Waals surface area contributed by atoms with Crippen molar-refractivity contribution >= 4 is 46.3 Å². The summed E-state index contributed by atoms with van der Waals surface area (Å²) in [6, 6.07) is 17.3. The van der Waals surface area contributed by atoms with Crippen LogP contribution in [0.5, 0.6) is 0 Å². The number of aromatic nitrogens is 2. The molecule has 0 unspecified atom stereocenters. The van der Waals surface area contributed by atoms with Crippen molar-refractivity contribution in [3.05, 3.63) is 71.4 Å². The standard InChI is InChI=1S/C19H16ClN5O2/c1-12(26)21-13-5-4-6-14(11-13)22-19(27)17-9-10-18(25-24-17)23-16-8-3-2-7-15(16)20/h2-11H,1H3,(H,21,26)(H,22,27)(H,23,25). The summed E-state index contributed by atoms with van der Waals surface area (Å²) in [4.78, 5) is 23.4. The van der Waals surface area contributed by atoms with E-state index in [-0.39, 0.29) is 11.6 Å². The SMILES string of the molecule is CC(=O)Nc1cccc(NC(=O)c2ccc(Nc3ccccc3Cl)nn2)c1. The van der Waals surface area contributed by atoms with Crippen molar-refractivity contribution in [1.82, 2.24) is 10.2 Å². The topological polar surface area (TPSA) is 96.0 Å². The van der Waals surface area contributed by atoms with Crippen molar-refractivity contribution in [3.8, 4) is 0 Å². The Bertz CT molecular complexity index is 976. The van der Waals surface area contributed by atoms with Gasteiger partial charge in [0, 0.05) is 18.3 Å². The lowest BCUT2D eigenvalue weighted by Crippen LogP contribution is -2.15. The maximum atomic E-state index is 12.3. The van der Waals surface area contributed by atoms with Crippen LogP contribution in [0.1, 0.15) is 17.4 Å². The van der Waals surface area contributed by atoms with E-state index in [1.165, 1.54) is 6.92 Å². The van der Waals surface area contributed by atoms with Crippen LogP contribution in [0.15, 0.2) is 60.7 Å². The van der Waals surface area contributed by atoms with Crippen molar-refractivity contribution in [2.75, 3.05) is 16.0 Å². The summed E-state index contributed by atoms with van der Waals surface area (Å²) in [7, 11) is 0. The number of rotatable bonds is 5. The number of hydrogen-bond donors (Lipinski definition) is 3. The molecule has 0 saturated carbocycles. The summed E-state index contributed by atoms with van der Waals surface area (Å²) in [5.74, 6) is -0.134. The van der Waals surface area contributed by atoms with Crippen LogP contribution in [0.2, 0.25) is 5.02 Å². The van der Waals surface area contributed by atoms with E-state index >= 15 is 0 Å². The Kier molecular flexibility index (Phi) is 5.63. The zero-order chi connectivity index (χ0) is 19.2. The molecular formula is C19H16ClN5O2. The third-order valence-electron chi connectivity index (χ3n) is 3.47. The maximum absolute atomic E-state index is 12.3. The number of hydrogen-bond acceptors (Lipinski definition) is 5. The Morgan fingerprint density at radius 2 is 1.63 bits per heavy atom. The van der Waals surface area contributed by atoms with Crippen molar-refractivity contribution in [3.63, 3.8) is 0 Å². The van der Waals surface area contributed by atoms with Crippen molar-refractivity contribution in [2.45, 2.75) is 6.92 Å². The number of benzene rings is 2.